The highest BCUT2D eigenvalue weighted by atomic mass is 16.3. The van der Waals surface area contributed by atoms with Gasteiger partial charge in [-0.1, -0.05) is 58.9 Å². The second kappa shape index (κ2) is 14.3. The molecule has 1 amide bonds. The van der Waals surface area contributed by atoms with Gasteiger partial charge in [-0.25, -0.2) is 0 Å². The van der Waals surface area contributed by atoms with E-state index in [9.17, 15) is 49.8 Å². The summed E-state index contributed by atoms with van der Waals surface area (Å²) in [5.74, 6) is -8.25. The SMILES string of the molecule is CC1=C2NC(=O)C=C/C=C\[C@H](C)[C@H](O)[C@@H](C)[C@@H](O)[C@@H](C)[C@H](O)[C@H](C)[C@@H](O)[C@@H](C)/C=C(\C)C(=O)c3c(O)c(C)c(O)c(c3C1=O)C2=O. The van der Waals surface area contributed by atoms with Gasteiger partial charge in [-0.15, -0.1) is 0 Å². The number of aliphatic hydroxyl groups excluding tert-OH is 4. The van der Waals surface area contributed by atoms with Crippen LogP contribution in [-0.2, 0) is 4.79 Å². The Bertz CT molecular complexity index is 1550. The largest absolute Gasteiger partial charge is 0.507 e. The predicted octanol–water partition coefficient (Wildman–Crippen LogP) is 3.05. The summed E-state index contributed by atoms with van der Waals surface area (Å²) >= 11 is 0. The topological polar surface area (TPSA) is 202 Å². The molecule has 250 valence electrons. The summed E-state index contributed by atoms with van der Waals surface area (Å²) in [7, 11) is 0. The number of amides is 1. The smallest absolute Gasteiger partial charge is 0.248 e. The van der Waals surface area contributed by atoms with Crippen LogP contribution < -0.4 is 5.32 Å². The Hall–Kier alpha value is -3.90. The molecular formula is C35H45NO10. The highest BCUT2D eigenvalue weighted by molar-refractivity contribution is 6.32. The number of hydrogen-bond acceptors (Lipinski definition) is 10. The monoisotopic (exact) mass is 639 g/mol. The second-order valence-corrected chi connectivity index (χ2v) is 12.8. The van der Waals surface area contributed by atoms with Crippen molar-refractivity contribution in [2.24, 2.45) is 29.6 Å². The normalized spacial score (nSPS) is 33.9. The van der Waals surface area contributed by atoms with Crippen molar-refractivity contribution < 1.29 is 49.8 Å². The first kappa shape index (κ1) is 36.6. The number of carbonyl (C=O) groups excluding carboxylic acids is 4. The van der Waals surface area contributed by atoms with E-state index >= 15 is 0 Å². The van der Waals surface area contributed by atoms with Gasteiger partial charge in [0, 0.05) is 46.8 Å². The van der Waals surface area contributed by atoms with Gasteiger partial charge in [-0.05, 0) is 26.3 Å². The van der Waals surface area contributed by atoms with Crippen LogP contribution in [0.4, 0.5) is 0 Å². The lowest BCUT2D eigenvalue weighted by Gasteiger charge is -2.36. The first-order valence-electron chi connectivity index (χ1n) is 15.3. The molecule has 0 aromatic heterocycles. The molecule has 7 N–H and O–H groups in total. The summed E-state index contributed by atoms with van der Waals surface area (Å²) in [6.45, 7) is 12.1. The van der Waals surface area contributed by atoms with Crippen molar-refractivity contribution in [1.82, 2.24) is 5.32 Å². The maximum Gasteiger partial charge on any atom is 0.248 e. The standard InChI is InChI=1S/C35H45NO10/c1-14-11-9-10-12-22(37)36-26-17(4)32(43)23-24(33(44)21(8)34(45)25(23)35(26)46)29(40)16(3)13-15(2)28(39)19(6)31(42)20(7)30(41)18(5)27(14)38/h9-15,18-20,27-28,30-31,38-39,41-42,44-45H,1-8H3,(H,36,37)/b11-9-,12-10?,16-13+/t14-,15-,18+,19+,20+,27-,28-,30+,31+/m0/s1. The number of allylic oxidation sites excluding steroid dienone is 5. The molecule has 4 bridgehead atoms. The molecule has 2 heterocycles. The zero-order valence-electron chi connectivity index (χ0n) is 27.4. The van der Waals surface area contributed by atoms with Crippen molar-refractivity contribution in [1.29, 1.82) is 0 Å². The second-order valence-electron chi connectivity index (χ2n) is 12.8. The first-order valence-corrected chi connectivity index (χ1v) is 15.3. The quantitative estimate of drug-likeness (QED) is 0.221. The van der Waals surface area contributed by atoms with Gasteiger partial charge in [0.25, 0.3) is 0 Å². The average molecular weight is 640 g/mol. The Morgan fingerprint density at radius 1 is 0.609 bits per heavy atom. The van der Waals surface area contributed by atoms with Gasteiger partial charge in [0.15, 0.2) is 11.6 Å². The van der Waals surface area contributed by atoms with Crippen LogP contribution in [-0.4, -0.2) is 78.3 Å². The molecule has 9 atom stereocenters. The third kappa shape index (κ3) is 6.78. The molecule has 0 saturated heterocycles. The zero-order valence-corrected chi connectivity index (χ0v) is 27.4. The highest BCUT2D eigenvalue weighted by Crippen LogP contribution is 2.43. The molecule has 1 aromatic rings. The minimum atomic E-state index is -1.20. The Balaban J connectivity index is 2.21. The summed E-state index contributed by atoms with van der Waals surface area (Å²) in [4.78, 5) is 53.8. The van der Waals surface area contributed by atoms with Gasteiger partial charge < -0.3 is 36.0 Å². The van der Waals surface area contributed by atoms with Crippen molar-refractivity contribution in [2.45, 2.75) is 79.8 Å². The van der Waals surface area contributed by atoms with E-state index in [1.165, 1.54) is 39.0 Å². The van der Waals surface area contributed by atoms with Gasteiger partial charge in [0.2, 0.25) is 11.7 Å². The van der Waals surface area contributed by atoms with Crippen LogP contribution in [0, 0.1) is 36.5 Å². The molecular weight excluding hydrogens is 594 g/mol. The number of aliphatic hydroxyl groups is 4. The Labute approximate surface area is 268 Å². The number of carbonyl (C=O) groups is 4. The third-order valence-corrected chi connectivity index (χ3v) is 9.51. The van der Waals surface area contributed by atoms with Crippen molar-refractivity contribution in [3.63, 3.8) is 0 Å². The lowest BCUT2D eigenvalue weighted by atomic mass is 9.77. The molecule has 0 fully saturated rings. The van der Waals surface area contributed by atoms with Gasteiger partial charge in [-0.2, -0.15) is 0 Å². The summed E-state index contributed by atoms with van der Waals surface area (Å²) < 4.78 is 0. The van der Waals surface area contributed by atoms with E-state index in [4.69, 9.17) is 0 Å². The maximum absolute atomic E-state index is 13.8. The van der Waals surface area contributed by atoms with Crippen molar-refractivity contribution in [3.8, 4) is 11.5 Å². The Kier molecular flexibility index (Phi) is 11.3. The molecule has 0 radical (unpaired) electrons. The summed E-state index contributed by atoms with van der Waals surface area (Å²) in [5.41, 5.74) is -2.36. The van der Waals surface area contributed by atoms with Gasteiger partial charge in [-0.3, -0.25) is 19.2 Å². The molecule has 2 aliphatic heterocycles. The predicted molar refractivity (Wildman–Crippen MR) is 170 cm³/mol. The van der Waals surface area contributed by atoms with E-state index in [2.05, 4.69) is 5.32 Å². The molecule has 0 saturated carbocycles. The van der Waals surface area contributed by atoms with Crippen LogP contribution in [0.25, 0.3) is 0 Å². The maximum atomic E-state index is 13.8. The van der Waals surface area contributed by atoms with Gasteiger partial charge in [0.05, 0.1) is 46.8 Å². The first-order chi connectivity index (χ1) is 21.3. The third-order valence-electron chi connectivity index (χ3n) is 9.51. The highest BCUT2D eigenvalue weighted by Gasteiger charge is 2.41. The summed E-state index contributed by atoms with van der Waals surface area (Å²) in [5, 5.41) is 68.5. The van der Waals surface area contributed by atoms with Crippen LogP contribution in [0.3, 0.4) is 0 Å². The molecule has 1 aliphatic carbocycles. The molecule has 0 unspecified atom stereocenters. The van der Waals surface area contributed by atoms with Crippen molar-refractivity contribution >= 4 is 23.3 Å². The van der Waals surface area contributed by atoms with E-state index in [1.807, 2.05) is 0 Å². The fourth-order valence-electron chi connectivity index (χ4n) is 6.21. The van der Waals surface area contributed by atoms with Crippen LogP contribution in [0.15, 0.2) is 47.2 Å². The summed E-state index contributed by atoms with van der Waals surface area (Å²) in [6, 6.07) is 0. The molecule has 4 rings (SSSR count). The lowest BCUT2D eigenvalue weighted by molar-refractivity contribution is -0.115. The Morgan fingerprint density at radius 2 is 1.09 bits per heavy atom. The number of benzene rings is 1. The number of nitrogens with one attached hydrogen (secondary N) is 1. The van der Waals surface area contributed by atoms with E-state index in [-0.39, 0.29) is 16.7 Å². The molecule has 46 heavy (non-hydrogen) atoms. The average Bonchev–Trinajstić information content (AvgIpc) is 3.02. The van der Waals surface area contributed by atoms with Crippen LogP contribution >= 0.6 is 0 Å². The van der Waals surface area contributed by atoms with E-state index < -0.39 is 111 Å². The number of Topliss-reactive ketones (excluding diaryl/α,β-unsaturated/α-hetero) is 3. The number of fused-ring (bicyclic) bond motifs is 15. The number of phenolic OH excluding ortho intramolecular Hbond substituents is 2. The number of phenols is 2. The number of hydrogen-bond donors (Lipinski definition) is 7. The zero-order chi connectivity index (χ0) is 34.9. The van der Waals surface area contributed by atoms with Crippen molar-refractivity contribution in [2.75, 3.05) is 0 Å². The molecule has 11 heteroatoms. The minimum Gasteiger partial charge on any atom is -0.507 e. The molecule has 1 aromatic carbocycles. The van der Waals surface area contributed by atoms with E-state index in [0.29, 0.717) is 0 Å². The number of ketones is 3. The van der Waals surface area contributed by atoms with Crippen LogP contribution in [0.5, 0.6) is 11.5 Å². The molecule has 0 spiro atoms. The fraction of sp³-hybridized carbons (Fsp3) is 0.486. The van der Waals surface area contributed by atoms with Crippen LogP contribution in [0.2, 0.25) is 0 Å². The summed E-state index contributed by atoms with van der Waals surface area (Å²) in [6.07, 6.45) is 2.38. The van der Waals surface area contributed by atoms with Crippen LogP contribution in [0.1, 0.15) is 85.1 Å². The Morgan fingerprint density at radius 3 is 1.63 bits per heavy atom. The fourth-order valence-corrected chi connectivity index (χ4v) is 6.21. The lowest BCUT2D eigenvalue weighted by Crippen LogP contribution is -2.45. The van der Waals surface area contributed by atoms with E-state index in [1.54, 1.807) is 40.7 Å². The molecule has 11 nitrogen and oxygen atoms in total. The van der Waals surface area contributed by atoms with Gasteiger partial charge >= 0.3 is 0 Å². The number of rotatable bonds is 0. The minimum absolute atomic E-state index is 0.00616. The van der Waals surface area contributed by atoms with E-state index in [0.717, 1.165) is 6.08 Å². The van der Waals surface area contributed by atoms with Gasteiger partial charge in [0.1, 0.15) is 11.5 Å². The molecule has 3 aliphatic rings. The number of aromatic hydroxyl groups is 2. The van der Waals surface area contributed by atoms with Crippen molar-refractivity contribution in [3.05, 3.63) is 69.5 Å².